The van der Waals surface area contributed by atoms with Gasteiger partial charge in [-0.3, -0.25) is 9.59 Å². The number of rotatable bonds is 8. The summed E-state index contributed by atoms with van der Waals surface area (Å²) in [5, 5.41) is 14.5. The Kier molecular flexibility index (Phi) is 5.99. The summed E-state index contributed by atoms with van der Waals surface area (Å²) < 4.78 is 5.09. The lowest BCUT2D eigenvalue weighted by molar-refractivity contribution is 0.554. The molecule has 0 saturated carbocycles. The molecule has 5 aromatic rings. The molecule has 2 aromatic carbocycles. The number of hydrogen-bond acceptors (Lipinski definition) is 6. The van der Waals surface area contributed by atoms with E-state index in [2.05, 4.69) is 51.8 Å². The molecule has 1 aliphatic heterocycles. The van der Waals surface area contributed by atoms with E-state index >= 15 is 0 Å². The van der Waals surface area contributed by atoms with Gasteiger partial charge >= 0.3 is 0 Å². The first-order valence-electron chi connectivity index (χ1n) is 12.8. The van der Waals surface area contributed by atoms with Gasteiger partial charge in [0.05, 0.1) is 0 Å². The number of nitrogens with zero attached hydrogens (tertiary/aromatic N) is 7. The molecule has 0 amide bonds. The first-order chi connectivity index (χ1) is 18.2. The summed E-state index contributed by atoms with van der Waals surface area (Å²) >= 11 is 0. The number of aromatic amines is 1. The van der Waals surface area contributed by atoms with E-state index in [1.54, 1.807) is 9.36 Å². The maximum Gasteiger partial charge on any atom is 0.293 e. The third-order valence-corrected chi connectivity index (χ3v) is 7.07. The Bertz CT molecular complexity index is 1680. The predicted molar refractivity (Wildman–Crippen MR) is 140 cm³/mol. The molecular formula is C27H28N8O2. The molecule has 1 N–H and O–H groups in total. The van der Waals surface area contributed by atoms with Crippen LogP contribution in [0.1, 0.15) is 44.0 Å². The molecule has 0 bridgehead atoms. The highest BCUT2D eigenvalue weighted by Gasteiger charge is 2.23. The largest absolute Gasteiger partial charge is 0.319 e. The summed E-state index contributed by atoms with van der Waals surface area (Å²) in [6.45, 7) is 3.76. The molecule has 1 aliphatic rings. The molecule has 0 unspecified atom stereocenters. The molecule has 0 radical (unpaired) electrons. The lowest BCUT2D eigenvalue weighted by Crippen LogP contribution is -2.35. The van der Waals surface area contributed by atoms with Crippen LogP contribution >= 0.6 is 0 Å². The van der Waals surface area contributed by atoms with Crippen molar-refractivity contribution >= 4 is 11.0 Å². The number of fused-ring (bicyclic) bond motifs is 2. The summed E-state index contributed by atoms with van der Waals surface area (Å²) in [4.78, 5) is 31.3. The number of imidazole rings is 1. The third kappa shape index (κ3) is 4.08. The Hall–Kier alpha value is -4.34. The maximum atomic E-state index is 13.4. The van der Waals surface area contributed by atoms with Crippen LogP contribution < -0.4 is 11.1 Å². The zero-order valence-electron chi connectivity index (χ0n) is 20.7. The molecule has 0 fully saturated rings. The summed E-state index contributed by atoms with van der Waals surface area (Å²) in [6.07, 6.45) is 4.66. The van der Waals surface area contributed by atoms with Gasteiger partial charge in [0, 0.05) is 31.6 Å². The van der Waals surface area contributed by atoms with Crippen molar-refractivity contribution in [2.24, 2.45) is 0 Å². The standard InChI is InChI=1S/C27H28N8O2/c1-2-3-4-10-22-28-23-24(27(37)35-16-7-15-34(35)26(23)36)33(22)17-18-11-13-19(14-12-18)20-8-5-6-9-21(20)25-29-31-32-30-25/h5-6,8-9,11-14H,2-4,7,10,15-17H2,1H3,(H,29,30,31,32). The quantitative estimate of drug-likeness (QED) is 0.329. The minimum Gasteiger partial charge on any atom is -0.319 e. The summed E-state index contributed by atoms with van der Waals surface area (Å²) in [5.41, 5.74) is 4.36. The Balaban J connectivity index is 1.39. The highest BCUT2D eigenvalue weighted by Crippen LogP contribution is 2.30. The van der Waals surface area contributed by atoms with E-state index < -0.39 is 0 Å². The molecule has 6 rings (SSSR count). The summed E-state index contributed by atoms with van der Waals surface area (Å²) in [5.74, 6) is 1.34. The Labute approximate surface area is 212 Å². The number of tetrazole rings is 1. The van der Waals surface area contributed by atoms with E-state index in [0.717, 1.165) is 60.2 Å². The second-order valence-electron chi connectivity index (χ2n) is 9.46. The minimum absolute atomic E-state index is 0.132. The lowest BCUT2D eigenvalue weighted by Gasteiger charge is -2.12. The molecule has 188 valence electrons. The van der Waals surface area contributed by atoms with Crippen LogP contribution in [0.2, 0.25) is 0 Å². The smallest absolute Gasteiger partial charge is 0.293 e. The van der Waals surface area contributed by atoms with Crippen molar-refractivity contribution in [1.82, 2.24) is 39.5 Å². The molecule has 10 nitrogen and oxygen atoms in total. The number of benzene rings is 2. The normalized spacial score (nSPS) is 12.9. The van der Waals surface area contributed by atoms with E-state index in [0.29, 0.717) is 36.5 Å². The van der Waals surface area contributed by atoms with Crippen molar-refractivity contribution in [1.29, 1.82) is 0 Å². The number of unbranched alkanes of at least 4 members (excludes halogenated alkanes) is 2. The van der Waals surface area contributed by atoms with E-state index in [4.69, 9.17) is 4.98 Å². The highest BCUT2D eigenvalue weighted by atomic mass is 16.2. The van der Waals surface area contributed by atoms with Gasteiger partial charge in [-0.15, -0.1) is 10.2 Å². The molecule has 0 saturated heterocycles. The number of nitrogens with one attached hydrogen (secondary N) is 1. The van der Waals surface area contributed by atoms with Crippen LogP contribution in [0, 0.1) is 0 Å². The molecular weight excluding hydrogens is 468 g/mol. The van der Waals surface area contributed by atoms with Gasteiger partial charge in [0.25, 0.3) is 11.1 Å². The number of aromatic nitrogens is 8. The van der Waals surface area contributed by atoms with Crippen LogP contribution in [0.3, 0.4) is 0 Å². The summed E-state index contributed by atoms with van der Waals surface area (Å²) in [7, 11) is 0. The van der Waals surface area contributed by atoms with Crippen molar-refractivity contribution in [2.75, 3.05) is 0 Å². The minimum atomic E-state index is -0.170. The Morgan fingerprint density at radius 1 is 0.919 bits per heavy atom. The third-order valence-electron chi connectivity index (χ3n) is 7.07. The van der Waals surface area contributed by atoms with Crippen molar-refractivity contribution in [2.45, 2.75) is 58.7 Å². The molecule has 37 heavy (non-hydrogen) atoms. The fourth-order valence-corrected chi connectivity index (χ4v) is 5.22. The van der Waals surface area contributed by atoms with Gasteiger partial charge in [-0.05, 0) is 34.7 Å². The second kappa shape index (κ2) is 9.61. The zero-order valence-corrected chi connectivity index (χ0v) is 20.7. The van der Waals surface area contributed by atoms with Crippen LogP contribution in [-0.2, 0) is 26.1 Å². The number of H-pyrrole nitrogens is 1. The van der Waals surface area contributed by atoms with Crippen LogP contribution in [0.4, 0.5) is 0 Å². The molecule has 10 heteroatoms. The SMILES string of the molecule is CCCCCc1nc2c(=O)n3n(c(=O)c2n1Cc1ccc(-c2ccccc2-c2nn[nH]n2)cc1)CCC3. The fourth-order valence-electron chi connectivity index (χ4n) is 5.22. The van der Waals surface area contributed by atoms with Gasteiger partial charge in [0.15, 0.2) is 5.52 Å². The van der Waals surface area contributed by atoms with E-state index in [-0.39, 0.29) is 11.1 Å². The Morgan fingerprint density at radius 2 is 1.68 bits per heavy atom. The van der Waals surface area contributed by atoms with E-state index in [9.17, 15) is 9.59 Å². The zero-order chi connectivity index (χ0) is 25.4. The van der Waals surface area contributed by atoms with Gasteiger partial charge in [-0.1, -0.05) is 68.3 Å². The molecule has 3 aromatic heterocycles. The molecule has 4 heterocycles. The van der Waals surface area contributed by atoms with Crippen molar-refractivity contribution < 1.29 is 0 Å². The van der Waals surface area contributed by atoms with Gasteiger partial charge in [-0.2, -0.15) is 5.21 Å². The van der Waals surface area contributed by atoms with E-state index in [1.807, 2.05) is 28.8 Å². The van der Waals surface area contributed by atoms with Crippen molar-refractivity contribution in [3.8, 4) is 22.5 Å². The summed E-state index contributed by atoms with van der Waals surface area (Å²) in [6, 6.07) is 16.2. The van der Waals surface area contributed by atoms with Crippen LogP contribution in [0.15, 0.2) is 58.1 Å². The number of aryl methyl sites for hydroxylation is 1. The van der Waals surface area contributed by atoms with Crippen LogP contribution in [-0.4, -0.2) is 39.5 Å². The predicted octanol–water partition coefficient (Wildman–Crippen LogP) is 3.39. The Morgan fingerprint density at radius 3 is 2.41 bits per heavy atom. The number of hydrogen-bond donors (Lipinski definition) is 1. The van der Waals surface area contributed by atoms with Gasteiger partial charge in [0.1, 0.15) is 11.3 Å². The van der Waals surface area contributed by atoms with Crippen LogP contribution in [0.5, 0.6) is 0 Å². The average Bonchev–Trinajstić information content (AvgIpc) is 3.69. The first-order valence-corrected chi connectivity index (χ1v) is 12.8. The average molecular weight is 497 g/mol. The van der Waals surface area contributed by atoms with Crippen molar-refractivity contribution in [3.05, 3.63) is 80.6 Å². The maximum absolute atomic E-state index is 13.4. The topological polar surface area (TPSA) is 116 Å². The molecule has 0 spiro atoms. The van der Waals surface area contributed by atoms with Gasteiger partial charge in [0.2, 0.25) is 5.82 Å². The molecule has 0 atom stereocenters. The van der Waals surface area contributed by atoms with Gasteiger partial charge < -0.3 is 4.57 Å². The van der Waals surface area contributed by atoms with Crippen LogP contribution in [0.25, 0.3) is 33.5 Å². The van der Waals surface area contributed by atoms with Crippen molar-refractivity contribution in [3.63, 3.8) is 0 Å². The fraction of sp³-hybridized carbons (Fsp3) is 0.333. The highest BCUT2D eigenvalue weighted by molar-refractivity contribution is 5.80. The molecule has 0 aliphatic carbocycles. The monoisotopic (exact) mass is 496 g/mol. The van der Waals surface area contributed by atoms with Gasteiger partial charge in [-0.25, -0.2) is 14.3 Å². The van der Waals surface area contributed by atoms with E-state index in [1.165, 1.54) is 0 Å². The second-order valence-corrected chi connectivity index (χ2v) is 9.46. The lowest BCUT2D eigenvalue weighted by atomic mass is 9.98. The first kappa shape index (κ1) is 23.1.